The van der Waals surface area contributed by atoms with Crippen molar-refractivity contribution in [3.63, 3.8) is 0 Å². The van der Waals surface area contributed by atoms with Crippen LogP contribution < -0.4 is 20.1 Å². The third-order valence-electron chi connectivity index (χ3n) is 4.51. The van der Waals surface area contributed by atoms with Crippen molar-refractivity contribution in [3.8, 4) is 11.5 Å². The monoisotopic (exact) mass is 388 g/mol. The van der Waals surface area contributed by atoms with Crippen molar-refractivity contribution in [2.75, 3.05) is 18.5 Å². The first-order valence-corrected chi connectivity index (χ1v) is 9.32. The highest BCUT2D eigenvalue weighted by Crippen LogP contribution is 2.32. The maximum atomic E-state index is 12.5. The van der Waals surface area contributed by atoms with Crippen LogP contribution in [0.3, 0.4) is 0 Å². The van der Waals surface area contributed by atoms with E-state index in [9.17, 15) is 9.59 Å². The Hall–Kier alpha value is -3.80. The molecule has 2 amide bonds. The summed E-state index contributed by atoms with van der Waals surface area (Å²) in [5, 5.41) is 5.70. The van der Waals surface area contributed by atoms with Gasteiger partial charge in [0.05, 0.1) is 0 Å². The average molecular weight is 388 g/mol. The number of hydrogen-bond donors (Lipinski definition) is 2. The number of carbonyl (C=O) groups excluding carboxylic acids is 2. The Labute approximate surface area is 168 Å². The SMILES string of the molecule is O=C(NCc1ccccc1)c1ccc(C(=O)Nc2ccc3c(c2)OCCO3)cc1. The second-order valence-electron chi connectivity index (χ2n) is 6.56. The van der Waals surface area contributed by atoms with Gasteiger partial charge < -0.3 is 20.1 Å². The van der Waals surface area contributed by atoms with Crippen molar-refractivity contribution in [3.05, 3.63) is 89.5 Å². The van der Waals surface area contributed by atoms with Crippen LogP contribution in [0.15, 0.2) is 72.8 Å². The van der Waals surface area contributed by atoms with Crippen LogP contribution in [0.1, 0.15) is 26.3 Å². The molecular weight excluding hydrogens is 368 g/mol. The molecule has 0 bridgehead atoms. The van der Waals surface area contributed by atoms with Gasteiger partial charge in [0.2, 0.25) is 0 Å². The molecule has 29 heavy (non-hydrogen) atoms. The second kappa shape index (κ2) is 8.48. The van der Waals surface area contributed by atoms with Crippen LogP contribution in [0.2, 0.25) is 0 Å². The second-order valence-corrected chi connectivity index (χ2v) is 6.56. The Morgan fingerprint density at radius 3 is 2.14 bits per heavy atom. The number of hydrogen-bond acceptors (Lipinski definition) is 4. The van der Waals surface area contributed by atoms with Crippen LogP contribution in [0.4, 0.5) is 5.69 Å². The maximum absolute atomic E-state index is 12.5. The largest absolute Gasteiger partial charge is 0.486 e. The van der Waals surface area contributed by atoms with Gasteiger partial charge in [-0.15, -0.1) is 0 Å². The number of nitrogens with one attached hydrogen (secondary N) is 2. The highest BCUT2D eigenvalue weighted by atomic mass is 16.6. The first-order chi connectivity index (χ1) is 14.2. The number of anilines is 1. The Morgan fingerprint density at radius 2 is 1.41 bits per heavy atom. The van der Waals surface area contributed by atoms with E-state index in [-0.39, 0.29) is 11.8 Å². The van der Waals surface area contributed by atoms with E-state index in [1.807, 2.05) is 30.3 Å². The van der Waals surface area contributed by atoms with E-state index in [2.05, 4.69) is 10.6 Å². The van der Waals surface area contributed by atoms with Gasteiger partial charge in [-0.3, -0.25) is 9.59 Å². The quantitative estimate of drug-likeness (QED) is 0.700. The van der Waals surface area contributed by atoms with Crippen LogP contribution in [-0.4, -0.2) is 25.0 Å². The minimum Gasteiger partial charge on any atom is -0.486 e. The van der Waals surface area contributed by atoms with E-state index in [1.165, 1.54) is 0 Å². The normalized spacial score (nSPS) is 12.1. The number of fused-ring (bicyclic) bond motifs is 1. The van der Waals surface area contributed by atoms with E-state index in [1.54, 1.807) is 42.5 Å². The molecule has 0 atom stereocenters. The van der Waals surface area contributed by atoms with E-state index >= 15 is 0 Å². The van der Waals surface area contributed by atoms with Crippen molar-refractivity contribution in [2.45, 2.75) is 6.54 Å². The lowest BCUT2D eigenvalue weighted by Crippen LogP contribution is -2.23. The minimum atomic E-state index is -0.266. The van der Waals surface area contributed by atoms with Gasteiger partial charge in [0.25, 0.3) is 11.8 Å². The van der Waals surface area contributed by atoms with Crippen molar-refractivity contribution >= 4 is 17.5 Å². The van der Waals surface area contributed by atoms with Crippen molar-refractivity contribution < 1.29 is 19.1 Å². The number of ether oxygens (including phenoxy) is 2. The van der Waals surface area contributed by atoms with Gasteiger partial charge in [-0.1, -0.05) is 30.3 Å². The first kappa shape index (κ1) is 18.6. The molecule has 1 heterocycles. The molecule has 1 aliphatic rings. The molecule has 0 saturated heterocycles. The summed E-state index contributed by atoms with van der Waals surface area (Å²) in [6.07, 6.45) is 0. The number of amides is 2. The Morgan fingerprint density at radius 1 is 0.759 bits per heavy atom. The summed E-state index contributed by atoms with van der Waals surface area (Å²) in [6, 6.07) is 21.5. The number of benzene rings is 3. The predicted molar refractivity (Wildman–Crippen MR) is 109 cm³/mol. The molecule has 0 fully saturated rings. The van der Waals surface area contributed by atoms with Gasteiger partial charge in [-0.05, 0) is 42.0 Å². The lowest BCUT2D eigenvalue weighted by molar-refractivity contribution is 0.0949. The molecule has 146 valence electrons. The maximum Gasteiger partial charge on any atom is 0.255 e. The zero-order valence-corrected chi connectivity index (χ0v) is 15.7. The summed E-state index contributed by atoms with van der Waals surface area (Å²) < 4.78 is 11.0. The highest BCUT2D eigenvalue weighted by molar-refractivity contribution is 6.05. The molecular formula is C23H20N2O4. The zero-order chi connectivity index (χ0) is 20.1. The van der Waals surface area contributed by atoms with Crippen LogP contribution >= 0.6 is 0 Å². The third kappa shape index (κ3) is 4.55. The van der Waals surface area contributed by atoms with Gasteiger partial charge in [0.15, 0.2) is 11.5 Å². The van der Waals surface area contributed by atoms with Crippen LogP contribution in [-0.2, 0) is 6.54 Å². The average Bonchev–Trinajstić information content (AvgIpc) is 2.78. The summed E-state index contributed by atoms with van der Waals surface area (Å²) in [5.74, 6) is 0.824. The summed E-state index contributed by atoms with van der Waals surface area (Å²) in [5.41, 5.74) is 2.59. The van der Waals surface area contributed by atoms with Gasteiger partial charge in [-0.2, -0.15) is 0 Å². The molecule has 6 nitrogen and oxygen atoms in total. The first-order valence-electron chi connectivity index (χ1n) is 9.32. The fraction of sp³-hybridized carbons (Fsp3) is 0.130. The van der Waals surface area contributed by atoms with Crippen LogP contribution in [0.25, 0.3) is 0 Å². The van der Waals surface area contributed by atoms with Gasteiger partial charge in [-0.25, -0.2) is 0 Å². The number of carbonyl (C=O) groups is 2. The van der Waals surface area contributed by atoms with Gasteiger partial charge in [0.1, 0.15) is 13.2 Å². The molecule has 3 aromatic rings. The standard InChI is InChI=1S/C23H20N2O4/c26-22(24-15-16-4-2-1-3-5-16)17-6-8-18(9-7-17)23(27)25-19-10-11-20-21(14-19)29-13-12-28-20/h1-11,14H,12-13,15H2,(H,24,26)(H,25,27). The minimum absolute atomic E-state index is 0.187. The fourth-order valence-corrected chi connectivity index (χ4v) is 2.98. The lowest BCUT2D eigenvalue weighted by Gasteiger charge is -2.19. The van der Waals surface area contributed by atoms with Gasteiger partial charge >= 0.3 is 0 Å². The topological polar surface area (TPSA) is 76.7 Å². The molecule has 0 radical (unpaired) electrons. The van der Waals surface area contributed by atoms with Crippen molar-refractivity contribution in [1.29, 1.82) is 0 Å². The fourth-order valence-electron chi connectivity index (χ4n) is 2.98. The van der Waals surface area contributed by atoms with Crippen molar-refractivity contribution in [2.24, 2.45) is 0 Å². The molecule has 4 rings (SSSR count). The lowest BCUT2D eigenvalue weighted by atomic mass is 10.1. The molecule has 3 aromatic carbocycles. The molecule has 1 aliphatic heterocycles. The molecule has 0 unspecified atom stereocenters. The summed E-state index contributed by atoms with van der Waals surface area (Å²) in [7, 11) is 0. The Balaban J connectivity index is 1.37. The molecule has 0 spiro atoms. The highest BCUT2D eigenvalue weighted by Gasteiger charge is 2.14. The van der Waals surface area contributed by atoms with Crippen LogP contribution in [0, 0.1) is 0 Å². The molecule has 2 N–H and O–H groups in total. The zero-order valence-electron chi connectivity index (χ0n) is 15.7. The van der Waals surface area contributed by atoms with Crippen molar-refractivity contribution in [1.82, 2.24) is 5.32 Å². The van der Waals surface area contributed by atoms with E-state index in [0.29, 0.717) is 48.1 Å². The summed E-state index contributed by atoms with van der Waals surface area (Å²) in [6.45, 7) is 1.45. The van der Waals surface area contributed by atoms with Crippen LogP contribution in [0.5, 0.6) is 11.5 Å². The van der Waals surface area contributed by atoms with E-state index in [4.69, 9.17) is 9.47 Å². The predicted octanol–water partition coefficient (Wildman–Crippen LogP) is 3.64. The smallest absolute Gasteiger partial charge is 0.255 e. The molecule has 6 heteroatoms. The van der Waals surface area contributed by atoms with E-state index < -0.39 is 0 Å². The molecule has 0 aromatic heterocycles. The summed E-state index contributed by atoms with van der Waals surface area (Å²) >= 11 is 0. The van der Waals surface area contributed by atoms with Gasteiger partial charge in [0, 0.05) is 29.4 Å². The molecule has 0 saturated carbocycles. The number of rotatable bonds is 5. The molecule has 0 aliphatic carbocycles. The Kier molecular flexibility index (Phi) is 5.42. The van der Waals surface area contributed by atoms with E-state index in [0.717, 1.165) is 5.56 Å². The Bertz CT molecular complexity index is 1020. The summed E-state index contributed by atoms with van der Waals surface area (Å²) in [4.78, 5) is 24.8. The third-order valence-corrected chi connectivity index (χ3v) is 4.51.